The molecular formula is C16H16O5. The molecule has 0 amide bonds. The largest absolute Gasteiger partial charge is 0.493 e. The molecule has 0 bridgehead atoms. The molecule has 2 N–H and O–H groups in total. The second-order valence-electron chi connectivity index (χ2n) is 4.50. The number of hydrogen-bond acceptors (Lipinski definition) is 4. The molecule has 0 atom stereocenters. The van der Waals surface area contributed by atoms with Crippen LogP contribution >= 0.6 is 0 Å². The Morgan fingerprint density at radius 2 is 1.95 bits per heavy atom. The molecule has 0 aliphatic heterocycles. The van der Waals surface area contributed by atoms with Crippen LogP contribution in [0.1, 0.15) is 21.5 Å². The smallest absolute Gasteiger partial charge is 0.339 e. The van der Waals surface area contributed by atoms with E-state index in [1.807, 2.05) is 0 Å². The molecular weight excluding hydrogens is 272 g/mol. The van der Waals surface area contributed by atoms with Gasteiger partial charge in [-0.2, -0.15) is 0 Å². The van der Waals surface area contributed by atoms with Gasteiger partial charge in [-0.05, 0) is 36.2 Å². The first kappa shape index (κ1) is 14.9. The number of aromatic carboxylic acids is 1. The molecule has 0 saturated carbocycles. The highest BCUT2D eigenvalue weighted by Crippen LogP contribution is 2.35. The van der Waals surface area contributed by atoms with Crippen molar-refractivity contribution in [1.29, 1.82) is 0 Å². The maximum Gasteiger partial charge on any atom is 0.339 e. The summed E-state index contributed by atoms with van der Waals surface area (Å²) in [5.74, 6) is 0.0485. The average molecular weight is 288 g/mol. The van der Waals surface area contributed by atoms with Gasteiger partial charge in [0.1, 0.15) is 11.3 Å². The van der Waals surface area contributed by atoms with Crippen molar-refractivity contribution in [3.8, 4) is 17.2 Å². The summed E-state index contributed by atoms with van der Waals surface area (Å²) in [6.07, 6.45) is 0. The first-order chi connectivity index (χ1) is 10.1. The zero-order chi connectivity index (χ0) is 15.4. The van der Waals surface area contributed by atoms with Crippen LogP contribution in [-0.2, 0) is 6.61 Å². The normalized spacial score (nSPS) is 10.2. The van der Waals surface area contributed by atoms with Gasteiger partial charge in [-0.25, -0.2) is 4.79 Å². The summed E-state index contributed by atoms with van der Waals surface area (Å²) in [5, 5.41) is 18.4. The van der Waals surface area contributed by atoms with Gasteiger partial charge in [0, 0.05) is 0 Å². The van der Waals surface area contributed by atoms with Crippen molar-refractivity contribution in [3.05, 3.63) is 53.1 Å². The van der Waals surface area contributed by atoms with Crippen molar-refractivity contribution in [1.82, 2.24) is 0 Å². The van der Waals surface area contributed by atoms with Crippen LogP contribution in [0, 0.1) is 6.92 Å². The van der Waals surface area contributed by atoms with Gasteiger partial charge in [-0.15, -0.1) is 0 Å². The van der Waals surface area contributed by atoms with Gasteiger partial charge in [0.25, 0.3) is 0 Å². The van der Waals surface area contributed by atoms with E-state index in [1.165, 1.54) is 13.2 Å². The third-order valence-corrected chi connectivity index (χ3v) is 3.06. The Labute approximate surface area is 122 Å². The summed E-state index contributed by atoms with van der Waals surface area (Å²) < 4.78 is 11.0. The Bertz CT molecular complexity index is 664. The van der Waals surface area contributed by atoms with Crippen molar-refractivity contribution in [2.45, 2.75) is 13.5 Å². The number of aryl methyl sites for hydroxylation is 1. The number of benzene rings is 2. The number of rotatable bonds is 5. The molecule has 0 radical (unpaired) electrons. The number of aliphatic hydroxyl groups is 1. The number of ether oxygens (including phenoxy) is 2. The molecule has 2 aromatic carbocycles. The number of aliphatic hydroxyl groups excluding tert-OH is 1. The van der Waals surface area contributed by atoms with Gasteiger partial charge in [-0.1, -0.05) is 18.2 Å². The minimum Gasteiger partial charge on any atom is -0.493 e. The zero-order valence-electron chi connectivity index (χ0n) is 11.8. The summed E-state index contributed by atoms with van der Waals surface area (Å²) in [6.45, 7) is 1.66. The summed E-state index contributed by atoms with van der Waals surface area (Å²) in [7, 11) is 1.49. The van der Waals surface area contributed by atoms with E-state index in [9.17, 15) is 9.90 Å². The number of para-hydroxylation sites is 1. The van der Waals surface area contributed by atoms with Crippen LogP contribution in [0.3, 0.4) is 0 Å². The van der Waals surface area contributed by atoms with Gasteiger partial charge in [0.15, 0.2) is 11.5 Å². The third kappa shape index (κ3) is 3.14. The number of methoxy groups -OCH3 is 1. The molecule has 5 heteroatoms. The molecule has 2 aromatic rings. The van der Waals surface area contributed by atoms with E-state index in [-0.39, 0.29) is 17.9 Å². The molecule has 5 nitrogen and oxygen atoms in total. The maximum absolute atomic E-state index is 11.3. The Morgan fingerprint density at radius 1 is 1.19 bits per heavy atom. The molecule has 110 valence electrons. The van der Waals surface area contributed by atoms with E-state index in [4.69, 9.17) is 14.6 Å². The summed E-state index contributed by atoms with van der Waals surface area (Å²) in [6, 6.07) is 9.90. The molecule has 0 aromatic heterocycles. The third-order valence-electron chi connectivity index (χ3n) is 3.06. The van der Waals surface area contributed by atoms with Gasteiger partial charge >= 0.3 is 5.97 Å². The van der Waals surface area contributed by atoms with Gasteiger partial charge < -0.3 is 19.7 Å². The fourth-order valence-corrected chi connectivity index (χ4v) is 1.96. The highest BCUT2D eigenvalue weighted by Gasteiger charge is 2.16. The second kappa shape index (κ2) is 6.28. The lowest BCUT2D eigenvalue weighted by molar-refractivity contribution is 0.0694. The van der Waals surface area contributed by atoms with Crippen molar-refractivity contribution < 1.29 is 24.5 Å². The molecule has 0 spiro atoms. The number of carboxylic acid groups (broad SMARTS) is 1. The summed E-state index contributed by atoms with van der Waals surface area (Å²) in [4.78, 5) is 11.3. The zero-order valence-corrected chi connectivity index (χ0v) is 11.8. The lowest BCUT2D eigenvalue weighted by atomic mass is 10.1. The van der Waals surface area contributed by atoms with E-state index >= 15 is 0 Å². The molecule has 0 fully saturated rings. The lowest BCUT2D eigenvalue weighted by Crippen LogP contribution is -2.02. The Morgan fingerprint density at radius 3 is 2.57 bits per heavy atom. The lowest BCUT2D eigenvalue weighted by Gasteiger charge is -2.14. The monoisotopic (exact) mass is 288 g/mol. The number of hydrogen-bond donors (Lipinski definition) is 2. The maximum atomic E-state index is 11.3. The Balaban J connectivity index is 2.45. The minimum absolute atomic E-state index is 0.0864. The van der Waals surface area contributed by atoms with Crippen LogP contribution in [0.2, 0.25) is 0 Å². The highest BCUT2D eigenvalue weighted by atomic mass is 16.5. The van der Waals surface area contributed by atoms with Gasteiger partial charge in [0.2, 0.25) is 0 Å². The van der Waals surface area contributed by atoms with Gasteiger partial charge in [-0.3, -0.25) is 0 Å². The Kier molecular flexibility index (Phi) is 4.45. The predicted molar refractivity (Wildman–Crippen MR) is 77.1 cm³/mol. The van der Waals surface area contributed by atoms with Crippen LogP contribution in [0.5, 0.6) is 17.2 Å². The molecule has 0 unspecified atom stereocenters. The van der Waals surface area contributed by atoms with Crippen molar-refractivity contribution in [3.63, 3.8) is 0 Å². The van der Waals surface area contributed by atoms with Crippen LogP contribution < -0.4 is 9.47 Å². The first-order valence-electron chi connectivity index (χ1n) is 6.35. The van der Waals surface area contributed by atoms with E-state index < -0.39 is 5.97 Å². The summed E-state index contributed by atoms with van der Waals surface area (Å²) in [5.41, 5.74) is 1.48. The van der Waals surface area contributed by atoms with Gasteiger partial charge in [0.05, 0.1) is 13.7 Å². The van der Waals surface area contributed by atoms with Crippen molar-refractivity contribution in [2.24, 2.45) is 0 Å². The van der Waals surface area contributed by atoms with Crippen LogP contribution in [0.4, 0.5) is 0 Å². The van der Waals surface area contributed by atoms with Crippen LogP contribution in [-0.4, -0.2) is 23.3 Å². The Hall–Kier alpha value is -2.53. The van der Waals surface area contributed by atoms with Crippen molar-refractivity contribution in [2.75, 3.05) is 7.11 Å². The first-order valence-corrected chi connectivity index (χ1v) is 6.35. The van der Waals surface area contributed by atoms with Crippen molar-refractivity contribution >= 4 is 5.97 Å². The standard InChI is InChI=1S/C16H16O5/c1-10-4-3-5-12(16(18)19)15(10)21-13-7-6-11(9-17)8-14(13)20-2/h3-8,17H,9H2,1-2H3,(H,18,19). The molecule has 0 aliphatic carbocycles. The topological polar surface area (TPSA) is 76.0 Å². The molecule has 0 saturated heterocycles. The van der Waals surface area contributed by atoms with E-state index in [1.54, 1.807) is 37.3 Å². The average Bonchev–Trinajstić information content (AvgIpc) is 2.49. The fraction of sp³-hybridized carbons (Fsp3) is 0.188. The SMILES string of the molecule is COc1cc(CO)ccc1Oc1c(C)cccc1C(=O)O. The van der Waals surface area contributed by atoms with E-state index in [0.29, 0.717) is 22.6 Å². The second-order valence-corrected chi connectivity index (χ2v) is 4.50. The number of carboxylic acids is 1. The van der Waals surface area contributed by atoms with Crippen LogP contribution in [0.15, 0.2) is 36.4 Å². The van der Waals surface area contributed by atoms with Crippen LogP contribution in [0.25, 0.3) is 0 Å². The van der Waals surface area contributed by atoms with E-state index in [0.717, 1.165) is 0 Å². The molecule has 2 rings (SSSR count). The predicted octanol–water partition coefficient (Wildman–Crippen LogP) is 2.99. The molecule has 0 heterocycles. The number of carbonyl (C=O) groups is 1. The quantitative estimate of drug-likeness (QED) is 0.884. The van der Waals surface area contributed by atoms with E-state index in [2.05, 4.69) is 0 Å². The molecule has 21 heavy (non-hydrogen) atoms. The highest BCUT2D eigenvalue weighted by molar-refractivity contribution is 5.91. The minimum atomic E-state index is -1.06. The summed E-state index contributed by atoms with van der Waals surface area (Å²) >= 11 is 0. The molecule has 0 aliphatic rings. The fourth-order valence-electron chi connectivity index (χ4n) is 1.96.